The molecule has 0 aliphatic carbocycles. The Morgan fingerprint density at radius 2 is 1.77 bits per heavy atom. The van der Waals surface area contributed by atoms with Crippen LogP contribution in [0.1, 0.15) is 19.4 Å². The van der Waals surface area contributed by atoms with Gasteiger partial charge in [-0.15, -0.1) is 11.8 Å². The number of benzene rings is 1. The van der Waals surface area contributed by atoms with Gasteiger partial charge >= 0.3 is 0 Å². The van der Waals surface area contributed by atoms with E-state index in [1.807, 2.05) is 45.0 Å². The molecule has 122 valence electrons. The Morgan fingerprint density at radius 1 is 1.14 bits per heavy atom. The minimum Gasteiger partial charge on any atom is -0.354 e. The number of thioether (sulfide) groups is 1. The fourth-order valence-corrected chi connectivity index (χ4v) is 2.46. The minimum atomic E-state index is -0.0947. The molecule has 0 spiro atoms. The summed E-state index contributed by atoms with van der Waals surface area (Å²) < 4.78 is 0. The van der Waals surface area contributed by atoms with Crippen LogP contribution in [0.3, 0.4) is 0 Å². The zero-order valence-electron chi connectivity index (χ0n) is 13.4. The average Bonchev–Trinajstić information content (AvgIpc) is 2.48. The molecule has 5 nitrogen and oxygen atoms in total. The van der Waals surface area contributed by atoms with Gasteiger partial charge in [0.1, 0.15) is 0 Å². The summed E-state index contributed by atoms with van der Waals surface area (Å²) in [5.74, 6) is 0.421. The largest absolute Gasteiger partial charge is 0.354 e. The predicted molar refractivity (Wildman–Crippen MR) is 93.3 cm³/mol. The van der Waals surface area contributed by atoms with Gasteiger partial charge in [0, 0.05) is 18.3 Å². The van der Waals surface area contributed by atoms with Gasteiger partial charge in [-0.25, -0.2) is 0 Å². The molecule has 0 saturated carbocycles. The third-order valence-corrected chi connectivity index (χ3v) is 3.89. The van der Waals surface area contributed by atoms with Gasteiger partial charge in [-0.1, -0.05) is 24.6 Å². The molecule has 0 unspecified atom stereocenters. The Bertz CT molecular complexity index is 477. The first-order valence-corrected chi connectivity index (χ1v) is 8.61. The van der Waals surface area contributed by atoms with Gasteiger partial charge in [0.25, 0.3) is 0 Å². The van der Waals surface area contributed by atoms with E-state index in [0.29, 0.717) is 12.3 Å². The lowest BCUT2D eigenvalue weighted by Crippen LogP contribution is -2.39. The number of hydrogen-bond donors (Lipinski definition) is 3. The topological polar surface area (TPSA) is 70.2 Å². The number of nitrogens with one attached hydrogen (secondary N) is 3. The molecule has 1 atom stereocenters. The van der Waals surface area contributed by atoms with Crippen LogP contribution in [-0.4, -0.2) is 42.5 Å². The Morgan fingerprint density at radius 3 is 2.41 bits per heavy atom. The number of amides is 2. The highest BCUT2D eigenvalue weighted by molar-refractivity contribution is 8.00. The first kappa shape index (κ1) is 18.5. The van der Waals surface area contributed by atoms with E-state index < -0.39 is 0 Å². The Labute approximate surface area is 136 Å². The second-order valence-electron chi connectivity index (χ2n) is 5.17. The van der Waals surface area contributed by atoms with E-state index in [1.54, 1.807) is 0 Å². The SMILES string of the molecule is CCN[C@H](C)CNC(=O)CSCC(=O)Nc1ccc(C)cc1. The third-order valence-electron chi connectivity index (χ3n) is 2.96. The third kappa shape index (κ3) is 8.05. The summed E-state index contributed by atoms with van der Waals surface area (Å²) in [7, 11) is 0. The highest BCUT2D eigenvalue weighted by atomic mass is 32.2. The molecule has 0 bridgehead atoms. The van der Waals surface area contributed by atoms with Gasteiger partial charge in [-0.05, 0) is 32.5 Å². The zero-order valence-corrected chi connectivity index (χ0v) is 14.3. The van der Waals surface area contributed by atoms with Gasteiger partial charge in [-0.3, -0.25) is 9.59 Å². The van der Waals surface area contributed by atoms with Gasteiger partial charge < -0.3 is 16.0 Å². The molecule has 0 aromatic heterocycles. The van der Waals surface area contributed by atoms with Crippen LogP contribution in [0.5, 0.6) is 0 Å². The fraction of sp³-hybridized carbons (Fsp3) is 0.500. The predicted octanol–water partition coefficient (Wildman–Crippen LogP) is 1.78. The summed E-state index contributed by atoms with van der Waals surface area (Å²) >= 11 is 1.31. The van der Waals surface area contributed by atoms with Crippen molar-refractivity contribution in [1.29, 1.82) is 0 Å². The molecular weight excluding hydrogens is 298 g/mol. The molecule has 22 heavy (non-hydrogen) atoms. The number of hydrogen-bond acceptors (Lipinski definition) is 4. The first-order chi connectivity index (χ1) is 10.5. The van der Waals surface area contributed by atoms with Crippen LogP contribution in [-0.2, 0) is 9.59 Å². The molecule has 6 heteroatoms. The summed E-state index contributed by atoms with van der Waals surface area (Å²) in [6.07, 6.45) is 0. The summed E-state index contributed by atoms with van der Waals surface area (Å²) in [6.45, 7) is 7.53. The maximum Gasteiger partial charge on any atom is 0.234 e. The number of aryl methyl sites for hydroxylation is 1. The van der Waals surface area contributed by atoms with Crippen molar-refractivity contribution in [1.82, 2.24) is 10.6 Å². The highest BCUT2D eigenvalue weighted by Gasteiger charge is 2.07. The van der Waals surface area contributed by atoms with E-state index >= 15 is 0 Å². The molecule has 0 radical (unpaired) electrons. The average molecular weight is 323 g/mol. The Kier molecular flexibility index (Phi) is 8.62. The standard InChI is InChI=1S/C16H25N3O2S/c1-4-17-13(3)9-18-15(20)10-22-11-16(21)19-14-7-5-12(2)6-8-14/h5-8,13,17H,4,9-11H2,1-3H3,(H,18,20)(H,19,21)/t13-/m1/s1. The molecule has 0 aliphatic heterocycles. The van der Waals surface area contributed by atoms with Crippen LogP contribution in [0.25, 0.3) is 0 Å². The maximum absolute atomic E-state index is 11.8. The normalized spacial score (nSPS) is 11.8. The van der Waals surface area contributed by atoms with Crippen molar-refractivity contribution in [3.8, 4) is 0 Å². The van der Waals surface area contributed by atoms with Crippen LogP contribution in [0, 0.1) is 6.92 Å². The van der Waals surface area contributed by atoms with Crippen LogP contribution in [0.15, 0.2) is 24.3 Å². The number of likely N-dealkylation sites (N-methyl/N-ethyl adjacent to an activating group) is 1. The molecule has 0 heterocycles. The van der Waals surface area contributed by atoms with Crippen LogP contribution < -0.4 is 16.0 Å². The fourth-order valence-electron chi connectivity index (χ4n) is 1.81. The maximum atomic E-state index is 11.8. The van der Waals surface area contributed by atoms with E-state index in [0.717, 1.165) is 17.8 Å². The second kappa shape index (κ2) is 10.2. The molecule has 1 rings (SSSR count). The van der Waals surface area contributed by atoms with E-state index in [1.165, 1.54) is 11.8 Å². The van der Waals surface area contributed by atoms with Crippen molar-refractivity contribution < 1.29 is 9.59 Å². The van der Waals surface area contributed by atoms with E-state index in [2.05, 4.69) is 16.0 Å². The molecule has 0 saturated heterocycles. The number of anilines is 1. The van der Waals surface area contributed by atoms with Crippen LogP contribution in [0.2, 0.25) is 0 Å². The van der Waals surface area contributed by atoms with Gasteiger partial charge in [0.15, 0.2) is 0 Å². The van der Waals surface area contributed by atoms with Gasteiger partial charge in [0.2, 0.25) is 11.8 Å². The van der Waals surface area contributed by atoms with Crippen LogP contribution >= 0.6 is 11.8 Å². The molecule has 0 fully saturated rings. The smallest absolute Gasteiger partial charge is 0.234 e. The first-order valence-electron chi connectivity index (χ1n) is 7.45. The number of carbonyl (C=O) groups is 2. The Hall–Kier alpha value is -1.53. The summed E-state index contributed by atoms with van der Waals surface area (Å²) in [4.78, 5) is 23.4. The van der Waals surface area contributed by atoms with Crippen LogP contribution in [0.4, 0.5) is 5.69 Å². The highest BCUT2D eigenvalue weighted by Crippen LogP contribution is 2.09. The zero-order chi connectivity index (χ0) is 16.4. The Balaban J connectivity index is 2.16. The molecule has 1 aromatic carbocycles. The molecule has 2 amide bonds. The van der Waals surface area contributed by atoms with Crippen molar-refractivity contribution in [2.24, 2.45) is 0 Å². The molecule has 0 aliphatic rings. The lowest BCUT2D eigenvalue weighted by Gasteiger charge is -2.13. The van der Waals surface area contributed by atoms with E-state index in [4.69, 9.17) is 0 Å². The summed E-state index contributed by atoms with van der Waals surface area (Å²) in [6, 6.07) is 7.88. The lowest BCUT2D eigenvalue weighted by atomic mass is 10.2. The van der Waals surface area contributed by atoms with Crippen molar-refractivity contribution in [2.45, 2.75) is 26.8 Å². The lowest BCUT2D eigenvalue weighted by molar-refractivity contribution is -0.118. The monoisotopic (exact) mass is 323 g/mol. The molecule has 1 aromatic rings. The molecular formula is C16H25N3O2S. The van der Waals surface area contributed by atoms with Crippen molar-refractivity contribution in [2.75, 3.05) is 29.9 Å². The van der Waals surface area contributed by atoms with E-state index in [-0.39, 0.29) is 23.6 Å². The van der Waals surface area contributed by atoms with Crippen molar-refractivity contribution >= 4 is 29.3 Å². The summed E-state index contributed by atoms with van der Waals surface area (Å²) in [5, 5.41) is 8.87. The van der Waals surface area contributed by atoms with Gasteiger partial charge in [0.05, 0.1) is 11.5 Å². The van der Waals surface area contributed by atoms with Gasteiger partial charge in [-0.2, -0.15) is 0 Å². The summed E-state index contributed by atoms with van der Waals surface area (Å²) in [5.41, 5.74) is 1.93. The quantitative estimate of drug-likeness (QED) is 0.648. The molecule has 3 N–H and O–H groups in total. The number of rotatable bonds is 9. The minimum absolute atomic E-state index is 0.0436. The number of carbonyl (C=O) groups excluding carboxylic acids is 2. The second-order valence-corrected chi connectivity index (χ2v) is 6.16. The van der Waals surface area contributed by atoms with E-state index in [9.17, 15) is 9.59 Å². The van der Waals surface area contributed by atoms with Crippen molar-refractivity contribution in [3.63, 3.8) is 0 Å². The van der Waals surface area contributed by atoms with Crippen molar-refractivity contribution in [3.05, 3.63) is 29.8 Å².